The van der Waals surface area contributed by atoms with Gasteiger partial charge >= 0.3 is 12.1 Å². The number of aromatic nitrogens is 2. The minimum Gasteiger partial charge on any atom is -0.618 e. The van der Waals surface area contributed by atoms with Crippen molar-refractivity contribution in [2.45, 2.75) is 12.6 Å². The zero-order valence-electron chi connectivity index (χ0n) is 13.5. The summed E-state index contributed by atoms with van der Waals surface area (Å²) in [6.07, 6.45) is -1.70. The topological polar surface area (TPSA) is 68.9 Å². The van der Waals surface area contributed by atoms with Crippen LogP contribution in [0.3, 0.4) is 0 Å². The van der Waals surface area contributed by atoms with Crippen molar-refractivity contribution in [1.29, 1.82) is 0 Å². The number of hydrogen-bond donors (Lipinski definition) is 1. The summed E-state index contributed by atoms with van der Waals surface area (Å²) in [5, 5.41) is 14.5. The molecular formula is C17H11ClF3N3O2S. The summed E-state index contributed by atoms with van der Waals surface area (Å²) >= 11 is 7.08. The third kappa shape index (κ3) is 4.55. The van der Waals surface area contributed by atoms with Crippen LogP contribution in [0.5, 0.6) is 0 Å². The predicted molar refractivity (Wildman–Crippen MR) is 94.7 cm³/mol. The minimum absolute atomic E-state index is 0.102. The Kier molecular flexibility index (Phi) is 5.33. The molecule has 3 rings (SSSR count). The fraction of sp³-hybridized carbons (Fsp3) is 0.118. The highest BCUT2D eigenvalue weighted by atomic mass is 35.5. The molecule has 0 saturated carbocycles. The van der Waals surface area contributed by atoms with Gasteiger partial charge in [-0.05, 0) is 29.8 Å². The van der Waals surface area contributed by atoms with Gasteiger partial charge in [-0.25, -0.2) is 4.98 Å². The molecule has 0 unspecified atom stereocenters. The first-order valence-electron chi connectivity index (χ1n) is 7.54. The van der Waals surface area contributed by atoms with Gasteiger partial charge in [-0.3, -0.25) is 10.1 Å². The van der Waals surface area contributed by atoms with Gasteiger partial charge in [0.05, 0.1) is 5.56 Å². The second kappa shape index (κ2) is 7.53. The quantitative estimate of drug-likeness (QED) is 0.512. The zero-order valence-corrected chi connectivity index (χ0v) is 15.0. The molecule has 0 aliphatic heterocycles. The normalized spacial score (nSPS) is 11.4. The van der Waals surface area contributed by atoms with Gasteiger partial charge in [0.2, 0.25) is 0 Å². The average molecular weight is 414 g/mol. The number of rotatable bonds is 4. The van der Waals surface area contributed by atoms with Crippen LogP contribution in [0.2, 0.25) is 5.02 Å². The van der Waals surface area contributed by atoms with E-state index in [0.29, 0.717) is 15.2 Å². The Bertz CT molecular complexity index is 992. The number of nitrogens with zero attached hydrogens (tertiary/aromatic N) is 2. The molecule has 0 radical (unpaired) electrons. The molecule has 0 aliphatic carbocycles. The lowest BCUT2D eigenvalue weighted by atomic mass is 10.1. The van der Waals surface area contributed by atoms with Crippen LogP contribution in [0.4, 0.5) is 18.3 Å². The lowest BCUT2D eigenvalue weighted by Crippen LogP contribution is -2.36. The van der Waals surface area contributed by atoms with Gasteiger partial charge < -0.3 is 5.21 Å². The van der Waals surface area contributed by atoms with Gasteiger partial charge in [0.25, 0.3) is 5.69 Å². The first kappa shape index (κ1) is 19.1. The van der Waals surface area contributed by atoms with Crippen molar-refractivity contribution >= 4 is 34.0 Å². The highest BCUT2D eigenvalue weighted by Crippen LogP contribution is 2.33. The van der Waals surface area contributed by atoms with E-state index in [1.165, 1.54) is 30.6 Å². The molecule has 10 heteroatoms. The third-order valence-electron chi connectivity index (χ3n) is 3.57. The molecule has 1 N–H and O–H groups in total. The van der Waals surface area contributed by atoms with Crippen LogP contribution in [0.1, 0.15) is 26.5 Å². The number of benzene rings is 1. The molecule has 2 heterocycles. The molecule has 0 atom stereocenters. The second-order valence-corrected chi connectivity index (χ2v) is 7.00. The van der Waals surface area contributed by atoms with E-state index in [9.17, 15) is 23.2 Å². The maximum Gasteiger partial charge on any atom is 0.416 e. The summed E-state index contributed by atoms with van der Waals surface area (Å²) in [5.74, 6) is -0.636. The summed E-state index contributed by atoms with van der Waals surface area (Å²) in [4.78, 5) is 16.7. The van der Waals surface area contributed by atoms with Crippen LogP contribution in [0.25, 0.3) is 0 Å². The molecular weight excluding hydrogens is 403 g/mol. The van der Waals surface area contributed by atoms with Crippen molar-refractivity contribution in [1.82, 2.24) is 4.98 Å². The van der Waals surface area contributed by atoms with Crippen LogP contribution in [-0.4, -0.2) is 10.9 Å². The molecule has 0 bridgehead atoms. The van der Waals surface area contributed by atoms with Gasteiger partial charge in [-0.2, -0.15) is 17.9 Å². The maximum atomic E-state index is 12.9. The highest BCUT2D eigenvalue weighted by molar-refractivity contribution is 7.15. The van der Waals surface area contributed by atoms with Crippen molar-refractivity contribution < 1.29 is 22.7 Å². The Labute approximate surface area is 160 Å². The summed E-state index contributed by atoms with van der Waals surface area (Å²) in [5.41, 5.74) is -0.590. The fourth-order valence-electron chi connectivity index (χ4n) is 2.29. The maximum absolute atomic E-state index is 12.9. The number of thiazole rings is 1. The molecule has 27 heavy (non-hydrogen) atoms. The number of amides is 1. The van der Waals surface area contributed by atoms with Crippen LogP contribution < -0.4 is 10.0 Å². The Morgan fingerprint density at radius 3 is 2.78 bits per heavy atom. The predicted octanol–water partition coefficient (Wildman–Crippen LogP) is 4.29. The Hall–Kier alpha value is -2.65. The van der Waals surface area contributed by atoms with Gasteiger partial charge in [0.1, 0.15) is 0 Å². The highest BCUT2D eigenvalue weighted by Gasteiger charge is 2.31. The van der Waals surface area contributed by atoms with E-state index in [4.69, 9.17) is 11.6 Å². The second-order valence-electron chi connectivity index (χ2n) is 5.48. The van der Waals surface area contributed by atoms with E-state index in [1.807, 2.05) is 0 Å². The van der Waals surface area contributed by atoms with E-state index in [1.54, 1.807) is 6.07 Å². The number of alkyl halides is 3. The van der Waals surface area contributed by atoms with Crippen LogP contribution >= 0.6 is 22.9 Å². The standard InChI is InChI=1S/C17H11ClF3N3O2S/c18-13-5-4-11(17(19,20)21)7-10(13)8-12-9-22-16(27-12)23-15(25)14-3-1-2-6-24(14)26/h1-7,9H,8H2,(H,22,23,25). The first-order valence-corrected chi connectivity index (χ1v) is 8.73. The van der Waals surface area contributed by atoms with E-state index in [0.717, 1.165) is 23.5 Å². The lowest BCUT2D eigenvalue weighted by Gasteiger charge is -2.09. The van der Waals surface area contributed by atoms with Crippen LogP contribution in [0, 0.1) is 5.21 Å². The summed E-state index contributed by atoms with van der Waals surface area (Å²) in [6, 6.07) is 7.51. The first-order chi connectivity index (χ1) is 12.7. The number of carbonyl (C=O) groups excluding carboxylic acids is 1. The van der Waals surface area contributed by atoms with E-state index < -0.39 is 17.6 Å². The molecule has 0 fully saturated rings. The third-order valence-corrected chi connectivity index (χ3v) is 4.85. The molecule has 0 aliphatic rings. The van der Waals surface area contributed by atoms with Crippen LogP contribution in [0.15, 0.2) is 48.8 Å². The van der Waals surface area contributed by atoms with Gasteiger partial charge in [-0.1, -0.05) is 11.6 Å². The summed E-state index contributed by atoms with van der Waals surface area (Å²) in [6.45, 7) is 0. The molecule has 1 aromatic carbocycles. The molecule has 140 valence electrons. The van der Waals surface area contributed by atoms with E-state index in [2.05, 4.69) is 10.3 Å². The minimum atomic E-state index is -4.46. The fourth-order valence-corrected chi connectivity index (χ4v) is 3.30. The number of anilines is 1. The van der Waals surface area contributed by atoms with Crippen molar-refractivity contribution in [3.8, 4) is 0 Å². The number of hydrogen-bond acceptors (Lipinski definition) is 4. The Morgan fingerprint density at radius 2 is 2.07 bits per heavy atom. The largest absolute Gasteiger partial charge is 0.618 e. The Morgan fingerprint density at radius 1 is 1.30 bits per heavy atom. The summed E-state index contributed by atoms with van der Waals surface area (Å²) < 4.78 is 39.0. The van der Waals surface area contributed by atoms with Crippen LogP contribution in [-0.2, 0) is 12.6 Å². The molecule has 0 spiro atoms. The average Bonchev–Trinajstić information content (AvgIpc) is 3.03. The van der Waals surface area contributed by atoms with Gasteiger partial charge in [-0.15, -0.1) is 11.3 Å². The Balaban J connectivity index is 1.75. The van der Waals surface area contributed by atoms with Gasteiger partial charge in [0.15, 0.2) is 11.3 Å². The van der Waals surface area contributed by atoms with Gasteiger partial charge in [0, 0.05) is 34.7 Å². The molecule has 5 nitrogen and oxygen atoms in total. The molecule has 0 saturated heterocycles. The number of carbonyl (C=O) groups is 1. The molecule has 2 aromatic heterocycles. The van der Waals surface area contributed by atoms with Crippen molar-refractivity contribution in [2.75, 3.05) is 5.32 Å². The molecule has 1 amide bonds. The lowest BCUT2D eigenvalue weighted by molar-refractivity contribution is -0.607. The van der Waals surface area contributed by atoms with Crippen molar-refractivity contribution in [2.24, 2.45) is 0 Å². The number of halogens is 4. The van der Waals surface area contributed by atoms with E-state index in [-0.39, 0.29) is 22.3 Å². The molecule has 3 aromatic rings. The zero-order chi connectivity index (χ0) is 19.6. The summed E-state index contributed by atoms with van der Waals surface area (Å²) in [7, 11) is 0. The monoisotopic (exact) mass is 413 g/mol. The van der Waals surface area contributed by atoms with Crippen molar-refractivity contribution in [3.05, 3.63) is 80.7 Å². The smallest absolute Gasteiger partial charge is 0.416 e. The van der Waals surface area contributed by atoms with Crippen molar-refractivity contribution in [3.63, 3.8) is 0 Å². The SMILES string of the molecule is O=C(Nc1ncc(Cc2cc(C(F)(F)F)ccc2Cl)s1)c1cccc[n+]1[O-]. The van der Waals surface area contributed by atoms with E-state index >= 15 is 0 Å². The number of pyridine rings is 1. The number of nitrogens with one attached hydrogen (secondary N) is 1.